The molecule has 0 saturated carbocycles. The highest BCUT2D eigenvalue weighted by molar-refractivity contribution is 5.76. The molecule has 0 radical (unpaired) electrons. The van der Waals surface area contributed by atoms with Gasteiger partial charge in [0.15, 0.2) is 12.4 Å². The summed E-state index contributed by atoms with van der Waals surface area (Å²) in [6.07, 6.45) is -6.14. The minimum atomic E-state index is -1.44. The molecule has 0 aromatic carbocycles. The molecule has 146 valence electrons. The Morgan fingerprint density at radius 3 is 1.92 bits per heavy atom. The van der Waals surface area contributed by atoms with Crippen molar-refractivity contribution in [3.63, 3.8) is 0 Å². The van der Waals surface area contributed by atoms with Crippen LogP contribution in [0.5, 0.6) is 0 Å². The number of carbonyl (C=O) groups is 2. The van der Waals surface area contributed by atoms with Crippen LogP contribution in [0.25, 0.3) is 0 Å². The largest absolute Gasteiger partial charge is 0.462 e. The lowest BCUT2D eigenvalue weighted by Gasteiger charge is -2.41. The Morgan fingerprint density at radius 2 is 1.48 bits per heavy atom. The number of methoxy groups -OCH3 is 1. The summed E-state index contributed by atoms with van der Waals surface area (Å²) in [5.41, 5.74) is -1.49. The summed E-state index contributed by atoms with van der Waals surface area (Å²) in [5, 5.41) is 20.6. The first-order chi connectivity index (χ1) is 11.3. The Hall–Kier alpha value is -1.22. The molecule has 0 aliphatic carbocycles. The number of rotatable bonds is 4. The van der Waals surface area contributed by atoms with Crippen molar-refractivity contribution in [1.82, 2.24) is 0 Å². The zero-order valence-corrected chi connectivity index (χ0v) is 15.9. The molecule has 25 heavy (non-hydrogen) atoms. The number of aliphatic hydroxyl groups is 2. The minimum absolute atomic E-state index is 0.256. The monoisotopic (exact) mass is 362 g/mol. The van der Waals surface area contributed by atoms with E-state index < -0.39 is 53.5 Å². The number of esters is 2. The van der Waals surface area contributed by atoms with Crippen molar-refractivity contribution in [3.8, 4) is 0 Å². The van der Waals surface area contributed by atoms with Crippen LogP contribution in [-0.2, 0) is 28.5 Å². The van der Waals surface area contributed by atoms with E-state index in [0.717, 1.165) is 0 Å². The average Bonchev–Trinajstić information content (AvgIpc) is 2.48. The van der Waals surface area contributed by atoms with E-state index in [1.54, 1.807) is 41.5 Å². The third kappa shape index (κ3) is 5.64. The summed E-state index contributed by atoms with van der Waals surface area (Å²) in [6, 6.07) is 0. The molecule has 1 saturated heterocycles. The van der Waals surface area contributed by atoms with Crippen molar-refractivity contribution in [2.24, 2.45) is 10.8 Å². The molecular formula is C17H30O8. The molecule has 8 nitrogen and oxygen atoms in total. The molecule has 0 aromatic rings. The first-order valence-electron chi connectivity index (χ1n) is 8.21. The molecule has 0 spiro atoms. The predicted octanol–water partition coefficient (Wildman–Crippen LogP) is 0.627. The molecule has 8 heteroatoms. The van der Waals surface area contributed by atoms with Gasteiger partial charge in [0.2, 0.25) is 0 Å². The van der Waals surface area contributed by atoms with Gasteiger partial charge in [-0.15, -0.1) is 0 Å². The summed E-state index contributed by atoms with van der Waals surface area (Å²) in [6.45, 7) is 9.83. The first-order valence-corrected chi connectivity index (χ1v) is 8.21. The zero-order chi connectivity index (χ0) is 19.6. The SMILES string of the molecule is CO[C@H]1O[C@H](COC(=O)C(C)(C)C)[C@H](O)[C@H](O)[C@H]1OC(=O)C(C)(C)C. The summed E-state index contributed by atoms with van der Waals surface area (Å²) < 4.78 is 21.0. The Morgan fingerprint density at radius 1 is 0.960 bits per heavy atom. The number of hydrogen-bond donors (Lipinski definition) is 2. The molecular weight excluding hydrogens is 332 g/mol. The molecule has 1 aliphatic heterocycles. The van der Waals surface area contributed by atoms with Gasteiger partial charge in [0.05, 0.1) is 10.8 Å². The Kier molecular flexibility index (Phi) is 6.97. The van der Waals surface area contributed by atoms with Crippen molar-refractivity contribution in [1.29, 1.82) is 0 Å². The van der Waals surface area contributed by atoms with Crippen LogP contribution >= 0.6 is 0 Å². The van der Waals surface area contributed by atoms with Crippen LogP contribution in [0.2, 0.25) is 0 Å². The molecule has 0 bridgehead atoms. The average molecular weight is 362 g/mol. The van der Waals surface area contributed by atoms with Crippen LogP contribution < -0.4 is 0 Å². The van der Waals surface area contributed by atoms with Crippen LogP contribution in [0.1, 0.15) is 41.5 Å². The first kappa shape index (κ1) is 21.8. The maximum Gasteiger partial charge on any atom is 0.311 e. The van der Waals surface area contributed by atoms with Gasteiger partial charge in [-0.05, 0) is 41.5 Å². The fourth-order valence-corrected chi connectivity index (χ4v) is 2.03. The summed E-state index contributed by atoms with van der Waals surface area (Å²) >= 11 is 0. The second-order valence-corrected chi connectivity index (χ2v) is 8.23. The van der Waals surface area contributed by atoms with Crippen molar-refractivity contribution in [2.75, 3.05) is 13.7 Å². The molecule has 2 N–H and O–H groups in total. The summed E-state index contributed by atoms with van der Waals surface area (Å²) in [4.78, 5) is 23.9. The molecule has 0 aromatic heterocycles. The Bertz CT molecular complexity index is 472. The van der Waals surface area contributed by atoms with E-state index in [0.29, 0.717) is 0 Å². The van der Waals surface area contributed by atoms with Crippen molar-refractivity contribution < 1.29 is 38.7 Å². The van der Waals surface area contributed by atoms with Crippen molar-refractivity contribution in [2.45, 2.75) is 72.2 Å². The lowest BCUT2D eigenvalue weighted by molar-refractivity contribution is -0.300. The normalized spacial score (nSPS) is 30.7. The maximum atomic E-state index is 12.1. The van der Waals surface area contributed by atoms with Crippen LogP contribution in [-0.4, -0.2) is 66.6 Å². The van der Waals surface area contributed by atoms with Gasteiger partial charge in [0.25, 0.3) is 0 Å². The highest BCUT2D eigenvalue weighted by atomic mass is 16.7. The van der Waals surface area contributed by atoms with E-state index in [1.165, 1.54) is 7.11 Å². The highest BCUT2D eigenvalue weighted by Gasteiger charge is 2.48. The second-order valence-electron chi connectivity index (χ2n) is 8.23. The molecule has 5 atom stereocenters. The number of aliphatic hydroxyl groups excluding tert-OH is 2. The van der Waals surface area contributed by atoms with E-state index in [1.807, 2.05) is 0 Å². The molecule has 0 amide bonds. The van der Waals surface area contributed by atoms with Gasteiger partial charge in [-0.3, -0.25) is 9.59 Å². The lowest BCUT2D eigenvalue weighted by Crippen LogP contribution is -2.61. The maximum absolute atomic E-state index is 12.1. The van der Waals surface area contributed by atoms with Gasteiger partial charge < -0.3 is 29.2 Å². The standard InChI is InChI=1S/C17H30O8/c1-16(2,3)14(20)23-8-9-10(18)11(19)12(13(22-7)24-9)25-15(21)17(4,5)6/h9-13,18-19H,8H2,1-7H3/t9-,10+,11+,12-,13+/m1/s1. The fourth-order valence-electron chi connectivity index (χ4n) is 2.03. The van der Waals surface area contributed by atoms with Gasteiger partial charge in [0, 0.05) is 7.11 Å². The minimum Gasteiger partial charge on any atom is -0.462 e. The van der Waals surface area contributed by atoms with E-state index in [-0.39, 0.29) is 6.61 Å². The quantitative estimate of drug-likeness (QED) is 0.701. The smallest absolute Gasteiger partial charge is 0.311 e. The van der Waals surface area contributed by atoms with E-state index in [9.17, 15) is 19.8 Å². The van der Waals surface area contributed by atoms with E-state index >= 15 is 0 Å². The van der Waals surface area contributed by atoms with Gasteiger partial charge in [-0.2, -0.15) is 0 Å². The lowest BCUT2D eigenvalue weighted by atomic mass is 9.95. The van der Waals surface area contributed by atoms with Crippen LogP contribution in [0, 0.1) is 10.8 Å². The molecule has 0 unspecified atom stereocenters. The molecule has 1 fully saturated rings. The fraction of sp³-hybridized carbons (Fsp3) is 0.882. The van der Waals surface area contributed by atoms with Crippen molar-refractivity contribution in [3.05, 3.63) is 0 Å². The summed E-state index contributed by atoms with van der Waals surface area (Å²) in [7, 11) is 1.32. The van der Waals surface area contributed by atoms with Crippen molar-refractivity contribution >= 4 is 11.9 Å². The molecule has 1 rings (SSSR count). The highest BCUT2D eigenvalue weighted by Crippen LogP contribution is 2.27. The number of ether oxygens (including phenoxy) is 4. The molecule has 1 aliphatic rings. The van der Waals surface area contributed by atoms with E-state index in [2.05, 4.69) is 0 Å². The van der Waals surface area contributed by atoms with Gasteiger partial charge in [-0.25, -0.2) is 0 Å². The van der Waals surface area contributed by atoms with Gasteiger partial charge >= 0.3 is 11.9 Å². The van der Waals surface area contributed by atoms with Gasteiger partial charge in [0.1, 0.15) is 24.9 Å². The molecule has 1 heterocycles. The number of carbonyl (C=O) groups excluding carboxylic acids is 2. The van der Waals surface area contributed by atoms with Crippen LogP contribution in [0.3, 0.4) is 0 Å². The Labute approximate surface area is 148 Å². The van der Waals surface area contributed by atoms with E-state index in [4.69, 9.17) is 18.9 Å². The zero-order valence-electron chi connectivity index (χ0n) is 15.9. The third-order valence-electron chi connectivity index (χ3n) is 3.72. The number of hydrogen-bond acceptors (Lipinski definition) is 8. The van der Waals surface area contributed by atoms with Gasteiger partial charge in [-0.1, -0.05) is 0 Å². The van der Waals surface area contributed by atoms with Crippen LogP contribution in [0.4, 0.5) is 0 Å². The third-order valence-corrected chi connectivity index (χ3v) is 3.72. The van der Waals surface area contributed by atoms with Crippen LogP contribution in [0.15, 0.2) is 0 Å². The Balaban J connectivity index is 2.79. The summed E-state index contributed by atoms with van der Waals surface area (Å²) in [5.74, 6) is -1.03. The predicted molar refractivity (Wildman–Crippen MR) is 87.4 cm³/mol. The topological polar surface area (TPSA) is 112 Å². The second kappa shape index (κ2) is 7.99.